The van der Waals surface area contributed by atoms with Crippen molar-refractivity contribution in [3.05, 3.63) is 53.2 Å². The van der Waals surface area contributed by atoms with Gasteiger partial charge in [-0.25, -0.2) is 0 Å². The molecule has 0 atom stereocenters. The van der Waals surface area contributed by atoms with Crippen molar-refractivity contribution in [3.63, 3.8) is 0 Å². The Bertz CT molecular complexity index is 1230. The molecule has 5 rings (SSSR count). The molecular weight excluding hydrogens is 352 g/mol. The van der Waals surface area contributed by atoms with E-state index in [1.807, 2.05) is 13.0 Å². The Balaban J connectivity index is 1.53. The molecule has 1 aliphatic rings. The quantitative estimate of drug-likeness (QED) is 0.565. The number of H-pyrrole nitrogens is 1. The van der Waals surface area contributed by atoms with Crippen molar-refractivity contribution in [1.29, 1.82) is 5.26 Å². The number of fused-ring (bicyclic) bond motifs is 3. The van der Waals surface area contributed by atoms with Crippen molar-refractivity contribution < 1.29 is 9.26 Å². The highest BCUT2D eigenvalue weighted by molar-refractivity contribution is 5.89. The zero-order valence-electron chi connectivity index (χ0n) is 15.5. The molecule has 2 aromatic heterocycles. The summed E-state index contributed by atoms with van der Waals surface area (Å²) in [7, 11) is 0. The third-order valence-electron chi connectivity index (χ3n) is 5.19. The zero-order valence-corrected chi connectivity index (χ0v) is 15.5. The predicted molar refractivity (Wildman–Crippen MR) is 105 cm³/mol. The van der Waals surface area contributed by atoms with Crippen LogP contribution in [0, 0.1) is 11.3 Å². The topological polar surface area (TPSA) is 87.7 Å². The number of nitriles is 1. The minimum atomic E-state index is 0.328. The number of nitrogens with zero attached hydrogens (tertiary/aromatic N) is 3. The van der Waals surface area contributed by atoms with Crippen molar-refractivity contribution in [2.75, 3.05) is 6.61 Å². The minimum Gasteiger partial charge on any atom is -0.494 e. The first-order valence-corrected chi connectivity index (χ1v) is 9.41. The number of aromatic amines is 1. The number of aryl methyl sites for hydroxylation is 2. The lowest BCUT2D eigenvalue weighted by molar-refractivity contribution is 0.340. The Kier molecular flexibility index (Phi) is 3.87. The molecule has 0 amide bonds. The van der Waals surface area contributed by atoms with E-state index >= 15 is 0 Å². The number of benzene rings is 2. The van der Waals surface area contributed by atoms with E-state index in [0.29, 0.717) is 35.2 Å². The SMILES string of the molecule is CCOc1ccc(-c2nc(-c3ccc4[nH]c5c(c4c3)CCC5)no2)c(C#N)c1. The van der Waals surface area contributed by atoms with Gasteiger partial charge in [0.15, 0.2) is 0 Å². The van der Waals surface area contributed by atoms with Gasteiger partial charge >= 0.3 is 0 Å². The molecule has 6 nitrogen and oxygen atoms in total. The lowest BCUT2D eigenvalue weighted by atomic mass is 10.1. The maximum Gasteiger partial charge on any atom is 0.259 e. The largest absolute Gasteiger partial charge is 0.494 e. The number of hydrogen-bond donors (Lipinski definition) is 1. The Labute approximate surface area is 161 Å². The molecule has 28 heavy (non-hydrogen) atoms. The first-order chi connectivity index (χ1) is 13.8. The highest BCUT2D eigenvalue weighted by Gasteiger charge is 2.19. The van der Waals surface area contributed by atoms with E-state index in [1.54, 1.807) is 18.2 Å². The number of rotatable bonds is 4. The third kappa shape index (κ3) is 2.64. The maximum absolute atomic E-state index is 9.48. The van der Waals surface area contributed by atoms with Gasteiger partial charge in [-0.3, -0.25) is 0 Å². The summed E-state index contributed by atoms with van der Waals surface area (Å²) in [5.74, 6) is 1.49. The first kappa shape index (κ1) is 16.6. The second kappa shape index (κ2) is 6.54. The van der Waals surface area contributed by atoms with E-state index in [4.69, 9.17) is 9.26 Å². The van der Waals surface area contributed by atoms with Crippen molar-refractivity contribution in [3.8, 4) is 34.7 Å². The number of aromatic nitrogens is 3. The summed E-state index contributed by atoms with van der Waals surface area (Å²) >= 11 is 0. The lowest BCUT2D eigenvalue weighted by Crippen LogP contribution is -1.93. The predicted octanol–water partition coefficient (Wildman–Crippen LogP) is 4.64. The fourth-order valence-corrected chi connectivity index (χ4v) is 3.89. The second-order valence-electron chi connectivity index (χ2n) is 6.87. The van der Waals surface area contributed by atoms with Gasteiger partial charge in [0.1, 0.15) is 11.8 Å². The Morgan fingerprint density at radius 3 is 3.00 bits per heavy atom. The summed E-state index contributed by atoms with van der Waals surface area (Å²) in [6.45, 7) is 2.45. The van der Waals surface area contributed by atoms with Crippen LogP contribution in [0.15, 0.2) is 40.9 Å². The van der Waals surface area contributed by atoms with E-state index < -0.39 is 0 Å². The zero-order chi connectivity index (χ0) is 19.1. The average molecular weight is 370 g/mol. The van der Waals surface area contributed by atoms with Gasteiger partial charge in [0.25, 0.3) is 5.89 Å². The molecule has 1 aliphatic carbocycles. The van der Waals surface area contributed by atoms with E-state index in [1.165, 1.54) is 23.1 Å². The summed E-state index contributed by atoms with van der Waals surface area (Å²) in [6.07, 6.45) is 3.41. The molecule has 2 heterocycles. The molecule has 2 aromatic carbocycles. The van der Waals surface area contributed by atoms with Crippen LogP contribution in [-0.4, -0.2) is 21.7 Å². The Morgan fingerprint density at radius 2 is 2.14 bits per heavy atom. The molecule has 0 spiro atoms. The van der Waals surface area contributed by atoms with Gasteiger partial charge in [-0.05, 0) is 68.1 Å². The van der Waals surface area contributed by atoms with Crippen LogP contribution >= 0.6 is 0 Å². The Hall–Kier alpha value is -3.59. The Morgan fingerprint density at radius 1 is 1.21 bits per heavy atom. The first-order valence-electron chi connectivity index (χ1n) is 9.41. The van der Waals surface area contributed by atoms with Crippen LogP contribution in [0.3, 0.4) is 0 Å². The van der Waals surface area contributed by atoms with Gasteiger partial charge in [-0.1, -0.05) is 5.16 Å². The molecule has 4 aromatic rings. The van der Waals surface area contributed by atoms with Crippen molar-refractivity contribution in [2.24, 2.45) is 0 Å². The smallest absolute Gasteiger partial charge is 0.259 e. The number of nitrogens with one attached hydrogen (secondary N) is 1. The van der Waals surface area contributed by atoms with Gasteiger partial charge in [0.2, 0.25) is 5.82 Å². The number of ether oxygens (including phenoxy) is 1. The summed E-state index contributed by atoms with van der Waals surface area (Å²) in [4.78, 5) is 8.04. The monoisotopic (exact) mass is 370 g/mol. The van der Waals surface area contributed by atoms with Gasteiger partial charge in [-0.2, -0.15) is 10.2 Å². The fraction of sp³-hybridized carbons (Fsp3) is 0.227. The maximum atomic E-state index is 9.48. The van der Waals surface area contributed by atoms with Crippen LogP contribution in [0.25, 0.3) is 33.7 Å². The van der Waals surface area contributed by atoms with E-state index in [9.17, 15) is 5.26 Å². The van der Waals surface area contributed by atoms with Crippen LogP contribution in [0.1, 0.15) is 30.2 Å². The molecule has 0 fully saturated rings. The average Bonchev–Trinajstić information content (AvgIpc) is 3.44. The molecule has 1 N–H and O–H groups in total. The molecule has 0 saturated carbocycles. The highest BCUT2D eigenvalue weighted by atomic mass is 16.5. The molecular formula is C22H18N4O2. The molecule has 0 aliphatic heterocycles. The standard InChI is InChI=1S/C22H18N4O2/c1-2-27-15-7-8-16(14(10-15)12-23)22-25-21(26-28-22)13-6-9-20-18(11-13)17-4-3-5-19(17)24-20/h6-11,24H,2-5H2,1H3. The molecule has 0 saturated heterocycles. The minimum absolute atomic E-state index is 0.328. The molecule has 138 valence electrons. The van der Waals surface area contributed by atoms with E-state index in [2.05, 4.69) is 33.3 Å². The summed E-state index contributed by atoms with van der Waals surface area (Å²) in [6, 6.07) is 13.6. The molecule has 0 radical (unpaired) electrons. The van der Waals surface area contributed by atoms with Gasteiger partial charge in [0, 0.05) is 22.2 Å². The lowest BCUT2D eigenvalue weighted by Gasteiger charge is -2.04. The summed E-state index contributed by atoms with van der Waals surface area (Å²) in [5.41, 5.74) is 5.84. The van der Waals surface area contributed by atoms with Crippen LogP contribution in [0.4, 0.5) is 0 Å². The summed E-state index contributed by atoms with van der Waals surface area (Å²) in [5, 5.41) is 14.9. The van der Waals surface area contributed by atoms with Crippen LogP contribution in [0.2, 0.25) is 0 Å². The van der Waals surface area contributed by atoms with Gasteiger partial charge < -0.3 is 14.2 Å². The van der Waals surface area contributed by atoms with Crippen LogP contribution in [0.5, 0.6) is 5.75 Å². The molecule has 0 unspecified atom stereocenters. The van der Waals surface area contributed by atoms with Crippen molar-refractivity contribution >= 4 is 10.9 Å². The summed E-state index contributed by atoms with van der Waals surface area (Å²) < 4.78 is 10.9. The van der Waals surface area contributed by atoms with E-state index in [0.717, 1.165) is 23.9 Å². The molecule has 0 bridgehead atoms. The second-order valence-corrected chi connectivity index (χ2v) is 6.87. The van der Waals surface area contributed by atoms with Crippen LogP contribution in [-0.2, 0) is 12.8 Å². The van der Waals surface area contributed by atoms with Crippen molar-refractivity contribution in [1.82, 2.24) is 15.1 Å². The van der Waals surface area contributed by atoms with Gasteiger partial charge in [-0.15, -0.1) is 0 Å². The third-order valence-corrected chi connectivity index (χ3v) is 5.19. The normalized spacial score (nSPS) is 12.9. The molecule has 6 heteroatoms. The van der Waals surface area contributed by atoms with E-state index in [-0.39, 0.29) is 0 Å². The van der Waals surface area contributed by atoms with Crippen LogP contribution < -0.4 is 4.74 Å². The highest BCUT2D eigenvalue weighted by Crippen LogP contribution is 2.33. The van der Waals surface area contributed by atoms with Gasteiger partial charge in [0.05, 0.1) is 17.7 Å². The fourth-order valence-electron chi connectivity index (χ4n) is 3.89. The number of hydrogen-bond acceptors (Lipinski definition) is 5. The van der Waals surface area contributed by atoms with Crippen molar-refractivity contribution in [2.45, 2.75) is 26.2 Å².